The van der Waals surface area contributed by atoms with Gasteiger partial charge >= 0.3 is 0 Å². The molecule has 0 bridgehead atoms. The Balaban J connectivity index is 0.000000796. The maximum atomic E-state index is 8.36. The average Bonchev–Trinajstić information content (AvgIpc) is 2.34. The van der Waals surface area contributed by atoms with Crippen LogP contribution in [-0.4, -0.2) is 28.8 Å². The molecule has 9 nitrogen and oxygen atoms in total. The first-order valence-corrected chi connectivity index (χ1v) is 5.68. The molecule has 9 heteroatoms. The smallest absolute Gasteiger partial charge is 0.291 e. The predicted octanol–water partition coefficient (Wildman–Crippen LogP) is -0.140. The molecular weight excluding hydrogens is 264 g/mol. The molecule has 0 unspecified atom stereocenters. The van der Waals surface area contributed by atoms with Gasteiger partial charge in [0.15, 0.2) is 5.96 Å². The topological polar surface area (TPSA) is 166 Å². The van der Waals surface area contributed by atoms with Crippen LogP contribution in [0.4, 0.5) is 0 Å². The van der Waals surface area contributed by atoms with Crippen LogP contribution < -0.4 is 17.2 Å². The van der Waals surface area contributed by atoms with Crippen LogP contribution in [0.5, 0.6) is 0 Å². The summed E-state index contributed by atoms with van der Waals surface area (Å²) in [5.41, 5.74) is 17.1. The minimum atomic E-state index is -1.50. The summed E-state index contributed by atoms with van der Waals surface area (Å²) in [6.45, 7) is 0.623. The van der Waals surface area contributed by atoms with Crippen LogP contribution >= 0.6 is 0 Å². The summed E-state index contributed by atoms with van der Waals surface area (Å²) in [5, 5.41) is 13.6. The van der Waals surface area contributed by atoms with E-state index in [-0.39, 0.29) is 11.9 Å². The Labute approximate surface area is 115 Å². The molecule has 0 heterocycles. The number of aryl methyl sites for hydroxylation is 1. The summed E-state index contributed by atoms with van der Waals surface area (Å²) in [5.74, 6) is 0.0670. The van der Waals surface area contributed by atoms with Crippen LogP contribution in [-0.2, 0) is 6.42 Å². The van der Waals surface area contributed by atoms with Crippen LogP contribution in [0, 0.1) is 10.1 Å². The molecule has 0 saturated carbocycles. The zero-order chi connectivity index (χ0) is 15.4. The van der Waals surface area contributed by atoms with Gasteiger partial charge in [-0.15, -0.1) is 10.1 Å². The summed E-state index contributed by atoms with van der Waals surface area (Å²) in [7, 11) is 0. The van der Waals surface area contributed by atoms with Gasteiger partial charge in [-0.1, -0.05) is 30.3 Å². The van der Waals surface area contributed by atoms with E-state index < -0.39 is 5.09 Å². The molecule has 0 radical (unpaired) electrons. The van der Waals surface area contributed by atoms with E-state index in [1.807, 2.05) is 18.2 Å². The molecule has 0 atom stereocenters. The van der Waals surface area contributed by atoms with Crippen molar-refractivity contribution in [1.82, 2.24) is 0 Å². The highest BCUT2D eigenvalue weighted by atomic mass is 16.9. The molecule has 0 amide bonds. The molecule has 1 aromatic carbocycles. The Kier molecular flexibility index (Phi) is 8.68. The van der Waals surface area contributed by atoms with Crippen LogP contribution in [0.25, 0.3) is 0 Å². The minimum Gasteiger partial charge on any atom is -0.370 e. The van der Waals surface area contributed by atoms with Gasteiger partial charge in [0.25, 0.3) is 5.09 Å². The molecule has 1 rings (SSSR count). The van der Waals surface area contributed by atoms with Gasteiger partial charge in [-0.25, -0.2) is 0 Å². The molecular formula is C11H18N6O3. The second-order valence-electron chi connectivity index (χ2n) is 3.60. The van der Waals surface area contributed by atoms with Gasteiger partial charge in [0.1, 0.15) is 0 Å². The highest BCUT2D eigenvalue weighted by Crippen LogP contribution is 2.02. The number of hydrogen-bond donors (Lipinski definition) is 4. The molecule has 20 heavy (non-hydrogen) atoms. The first-order chi connectivity index (χ1) is 9.41. The van der Waals surface area contributed by atoms with Gasteiger partial charge in [0.05, 0.1) is 0 Å². The summed E-state index contributed by atoms with van der Waals surface area (Å²) >= 11 is 0. The number of nitrogens with two attached hydrogens (primary N) is 3. The Morgan fingerprint density at radius 2 is 1.80 bits per heavy atom. The molecule has 1 aromatic rings. The summed E-state index contributed by atoms with van der Waals surface area (Å²) < 4.78 is 0. The highest BCUT2D eigenvalue weighted by Gasteiger charge is 1.92. The lowest BCUT2D eigenvalue weighted by Gasteiger charge is -1.98. The van der Waals surface area contributed by atoms with Crippen molar-refractivity contribution in [2.75, 3.05) is 6.54 Å². The van der Waals surface area contributed by atoms with Crippen molar-refractivity contribution >= 4 is 11.9 Å². The largest absolute Gasteiger partial charge is 0.370 e. The molecule has 0 aliphatic heterocycles. The molecule has 110 valence electrons. The van der Waals surface area contributed by atoms with Crippen molar-refractivity contribution in [3.63, 3.8) is 0 Å². The standard InChI is InChI=1S/C11H17N5.HNO3/c12-10(13)16-11(14)15-8-4-7-9-5-2-1-3-6-9;2-1(3)4/h1-3,5-6H,4,7-8H2,(H6,12,13,14,15,16);(H,2,3,4). The fraction of sp³-hybridized carbons (Fsp3) is 0.273. The fourth-order valence-electron chi connectivity index (χ4n) is 1.29. The monoisotopic (exact) mass is 282 g/mol. The highest BCUT2D eigenvalue weighted by molar-refractivity contribution is 5.92. The third-order valence-corrected chi connectivity index (χ3v) is 1.98. The van der Waals surface area contributed by atoms with Gasteiger partial charge < -0.3 is 22.4 Å². The van der Waals surface area contributed by atoms with E-state index in [0.717, 1.165) is 12.8 Å². The number of hydrogen-bond acceptors (Lipinski definition) is 3. The average molecular weight is 282 g/mol. The van der Waals surface area contributed by atoms with E-state index >= 15 is 0 Å². The third kappa shape index (κ3) is 11.6. The Hall–Kier alpha value is -2.84. The second kappa shape index (κ2) is 10.1. The number of nitrogens with zero attached hydrogens (tertiary/aromatic N) is 3. The predicted molar refractivity (Wildman–Crippen MR) is 75.8 cm³/mol. The first kappa shape index (κ1) is 17.2. The van der Waals surface area contributed by atoms with Crippen molar-refractivity contribution in [3.05, 3.63) is 46.0 Å². The quantitative estimate of drug-likeness (QED) is 0.197. The summed E-state index contributed by atoms with van der Waals surface area (Å²) in [6.07, 6.45) is 1.89. The zero-order valence-corrected chi connectivity index (χ0v) is 10.8. The lowest BCUT2D eigenvalue weighted by Crippen LogP contribution is -2.26. The SMILES string of the molecule is NC(N)=NC(N)=NCCCc1ccccc1.O=[N+]([O-])O. The van der Waals surface area contributed by atoms with Crippen LogP contribution in [0.3, 0.4) is 0 Å². The Morgan fingerprint density at radius 1 is 1.25 bits per heavy atom. The molecule has 0 aliphatic rings. The van der Waals surface area contributed by atoms with E-state index in [9.17, 15) is 0 Å². The lowest BCUT2D eigenvalue weighted by atomic mass is 10.1. The summed E-state index contributed by atoms with van der Waals surface area (Å²) in [4.78, 5) is 16.0. The zero-order valence-electron chi connectivity index (χ0n) is 10.8. The van der Waals surface area contributed by atoms with Gasteiger partial charge in [-0.2, -0.15) is 4.99 Å². The fourth-order valence-corrected chi connectivity index (χ4v) is 1.29. The van der Waals surface area contributed by atoms with Crippen molar-refractivity contribution in [1.29, 1.82) is 0 Å². The molecule has 0 aromatic heterocycles. The summed E-state index contributed by atoms with van der Waals surface area (Å²) in [6, 6.07) is 10.2. The number of guanidine groups is 2. The maximum Gasteiger partial charge on any atom is 0.291 e. The Morgan fingerprint density at radius 3 is 2.30 bits per heavy atom. The lowest BCUT2D eigenvalue weighted by molar-refractivity contribution is -0.742. The second-order valence-corrected chi connectivity index (χ2v) is 3.60. The third-order valence-electron chi connectivity index (χ3n) is 1.98. The van der Waals surface area contributed by atoms with E-state index in [1.54, 1.807) is 0 Å². The van der Waals surface area contributed by atoms with Crippen LogP contribution in [0.1, 0.15) is 12.0 Å². The van der Waals surface area contributed by atoms with Gasteiger partial charge in [0, 0.05) is 6.54 Å². The van der Waals surface area contributed by atoms with Crippen LogP contribution in [0.15, 0.2) is 40.3 Å². The van der Waals surface area contributed by atoms with E-state index in [0.29, 0.717) is 6.54 Å². The molecule has 0 saturated heterocycles. The number of benzene rings is 1. The van der Waals surface area contributed by atoms with Gasteiger partial charge in [0.2, 0.25) is 5.96 Å². The normalized spacial score (nSPS) is 10.1. The molecule has 7 N–H and O–H groups in total. The first-order valence-electron chi connectivity index (χ1n) is 5.68. The number of aliphatic imine (C=N–C) groups is 2. The van der Waals surface area contributed by atoms with Crippen molar-refractivity contribution in [2.24, 2.45) is 27.2 Å². The minimum absolute atomic E-state index is 0.0655. The molecule has 0 aliphatic carbocycles. The molecule has 0 spiro atoms. The van der Waals surface area contributed by atoms with Crippen molar-refractivity contribution < 1.29 is 10.3 Å². The van der Waals surface area contributed by atoms with Crippen molar-refractivity contribution in [2.45, 2.75) is 12.8 Å². The van der Waals surface area contributed by atoms with Gasteiger partial charge in [-0.05, 0) is 18.4 Å². The Bertz CT molecular complexity index is 452. The van der Waals surface area contributed by atoms with Gasteiger partial charge in [-0.3, -0.25) is 4.99 Å². The van der Waals surface area contributed by atoms with E-state index in [1.165, 1.54) is 5.56 Å². The van der Waals surface area contributed by atoms with E-state index in [2.05, 4.69) is 22.1 Å². The van der Waals surface area contributed by atoms with E-state index in [4.69, 9.17) is 32.5 Å². The maximum absolute atomic E-state index is 8.36. The number of rotatable bonds is 4. The van der Waals surface area contributed by atoms with Crippen LogP contribution in [0.2, 0.25) is 0 Å². The van der Waals surface area contributed by atoms with Crippen molar-refractivity contribution in [3.8, 4) is 0 Å². The molecule has 0 fully saturated rings.